The minimum atomic E-state index is -1.33. The molecule has 1 spiro atoms. The van der Waals surface area contributed by atoms with Crippen LogP contribution in [0.15, 0.2) is 73.3 Å². The van der Waals surface area contributed by atoms with Crippen molar-refractivity contribution < 1.29 is 29.3 Å². The maximum atomic E-state index is 14.4. The Morgan fingerprint density at radius 1 is 1.19 bits per heavy atom. The number of hydrogen-bond acceptors (Lipinski definition) is 5. The lowest BCUT2D eigenvalue weighted by atomic mass is 9.70. The number of benzene rings is 2. The summed E-state index contributed by atoms with van der Waals surface area (Å²) in [5.41, 5.74) is 0.236. The van der Waals surface area contributed by atoms with Crippen molar-refractivity contribution in [2.45, 2.75) is 41.6 Å². The third-order valence-electron chi connectivity index (χ3n) is 7.82. The van der Waals surface area contributed by atoms with Crippen LogP contribution in [0.25, 0.3) is 0 Å². The summed E-state index contributed by atoms with van der Waals surface area (Å²) < 4.78 is 6.37. The number of aliphatic hydroxyl groups is 1. The van der Waals surface area contributed by atoms with E-state index in [-0.39, 0.29) is 23.8 Å². The lowest BCUT2D eigenvalue weighted by molar-refractivity contribution is -0.153. The zero-order valence-corrected chi connectivity index (χ0v) is 21.7. The molecular formula is C28H29BrN2O6. The number of likely N-dealkylation sites (tertiary alicyclic amines) is 1. The van der Waals surface area contributed by atoms with Crippen LogP contribution < -0.4 is 0 Å². The number of aliphatic hydroxyl groups excluding tert-OH is 1. The highest BCUT2D eigenvalue weighted by molar-refractivity contribution is 9.09. The van der Waals surface area contributed by atoms with Crippen LogP contribution in [0.5, 0.6) is 0 Å². The summed E-state index contributed by atoms with van der Waals surface area (Å²) in [5.74, 6) is -4.09. The van der Waals surface area contributed by atoms with Gasteiger partial charge in [-0.15, -0.1) is 6.58 Å². The van der Waals surface area contributed by atoms with Crippen LogP contribution in [0, 0.1) is 11.8 Å². The average molecular weight is 569 g/mol. The van der Waals surface area contributed by atoms with E-state index in [0.717, 1.165) is 5.56 Å². The van der Waals surface area contributed by atoms with Gasteiger partial charge in [-0.05, 0) is 17.5 Å². The quantitative estimate of drug-likeness (QED) is 0.356. The number of carboxylic acid groups (broad SMARTS) is 1. The highest BCUT2D eigenvalue weighted by atomic mass is 79.9. The summed E-state index contributed by atoms with van der Waals surface area (Å²) in [5, 5.41) is 20.6. The van der Waals surface area contributed by atoms with E-state index in [1.54, 1.807) is 35.2 Å². The number of fused-ring (bicyclic) bond motifs is 1. The number of amides is 2. The largest absolute Gasteiger partial charge is 0.481 e. The molecule has 5 rings (SSSR count). The molecule has 7 atom stereocenters. The summed E-state index contributed by atoms with van der Waals surface area (Å²) in [4.78, 5) is 43.5. The van der Waals surface area contributed by atoms with E-state index in [1.165, 1.54) is 4.90 Å². The Morgan fingerprint density at radius 2 is 1.84 bits per heavy atom. The van der Waals surface area contributed by atoms with Crippen molar-refractivity contribution in [2.75, 3.05) is 13.2 Å². The minimum Gasteiger partial charge on any atom is -0.481 e. The highest BCUT2D eigenvalue weighted by Gasteiger charge is 2.77. The van der Waals surface area contributed by atoms with Crippen LogP contribution in [-0.2, 0) is 25.7 Å². The Hall–Kier alpha value is -3.01. The van der Waals surface area contributed by atoms with Gasteiger partial charge in [0.15, 0.2) is 0 Å². The second-order valence-electron chi connectivity index (χ2n) is 9.85. The standard InChI is InChI=1S/C28H29BrN2O6/c1-2-13-30(15-17-9-5-3-6-10-17)26(34)24-28-14-19(29)23(37-28)21(27(35)36)22(28)25(33)31(24)20(16-32)18-11-7-4-8-12-18/h2-12,19-24,32H,1,13-16H2,(H,35,36)/t19?,20-,21+,22-,23+,24+,28-/m1/s1. The summed E-state index contributed by atoms with van der Waals surface area (Å²) in [6.45, 7) is 3.89. The Bertz CT molecular complexity index is 1190. The molecule has 3 aliphatic heterocycles. The van der Waals surface area contributed by atoms with E-state index in [0.29, 0.717) is 12.0 Å². The van der Waals surface area contributed by atoms with Gasteiger partial charge in [0.05, 0.1) is 30.6 Å². The number of carbonyl (C=O) groups excluding carboxylic acids is 2. The van der Waals surface area contributed by atoms with Crippen LogP contribution in [0.3, 0.4) is 0 Å². The van der Waals surface area contributed by atoms with Crippen molar-refractivity contribution in [1.29, 1.82) is 0 Å². The maximum Gasteiger partial charge on any atom is 0.310 e. The number of halogens is 1. The second-order valence-corrected chi connectivity index (χ2v) is 11.0. The molecule has 37 heavy (non-hydrogen) atoms. The van der Waals surface area contributed by atoms with E-state index in [4.69, 9.17) is 4.74 Å². The van der Waals surface area contributed by atoms with Gasteiger partial charge in [-0.3, -0.25) is 14.4 Å². The first-order chi connectivity index (χ1) is 17.8. The molecule has 2 bridgehead atoms. The number of nitrogens with zero attached hydrogens (tertiary/aromatic N) is 2. The zero-order valence-electron chi connectivity index (χ0n) is 20.2. The smallest absolute Gasteiger partial charge is 0.310 e. The second kappa shape index (κ2) is 10.0. The molecule has 0 aliphatic carbocycles. The van der Waals surface area contributed by atoms with E-state index >= 15 is 0 Å². The summed E-state index contributed by atoms with van der Waals surface area (Å²) >= 11 is 3.56. The fourth-order valence-electron chi connectivity index (χ4n) is 6.36. The summed E-state index contributed by atoms with van der Waals surface area (Å²) in [7, 11) is 0. The minimum absolute atomic E-state index is 0.228. The van der Waals surface area contributed by atoms with Crippen molar-refractivity contribution in [3.63, 3.8) is 0 Å². The van der Waals surface area contributed by atoms with Crippen LogP contribution in [0.4, 0.5) is 0 Å². The zero-order chi connectivity index (χ0) is 26.3. The lowest BCUT2D eigenvalue weighted by Gasteiger charge is -2.39. The number of carbonyl (C=O) groups is 3. The molecule has 3 heterocycles. The molecule has 9 heteroatoms. The average Bonchev–Trinajstić information content (AvgIpc) is 3.49. The van der Waals surface area contributed by atoms with Crippen LogP contribution in [0.1, 0.15) is 23.6 Å². The predicted molar refractivity (Wildman–Crippen MR) is 139 cm³/mol. The number of alkyl halides is 1. The molecule has 2 N–H and O–H groups in total. The molecule has 8 nitrogen and oxygen atoms in total. The van der Waals surface area contributed by atoms with E-state index in [9.17, 15) is 24.6 Å². The molecule has 3 fully saturated rings. The monoisotopic (exact) mass is 568 g/mol. The topological polar surface area (TPSA) is 107 Å². The predicted octanol–water partition coefficient (Wildman–Crippen LogP) is 2.77. The van der Waals surface area contributed by atoms with Crippen LogP contribution in [-0.4, -0.2) is 73.5 Å². The number of carboxylic acids is 1. The van der Waals surface area contributed by atoms with E-state index in [1.807, 2.05) is 36.4 Å². The molecule has 2 aromatic rings. The number of ether oxygens (including phenoxy) is 1. The van der Waals surface area contributed by atoms with Crippen LogP contribution >= 0.6 is 15.9 Å². The number of hydrogen-bond donors (Lipinski definition) is 2. The Balaban J connectivity index is 1.62. The molecule has 0 aromatic heterocycles. The Labute approximate surface area is 223 Å². The van der Waals surface area contributed by atoms with E-state index in [2.05, 4.69) is 22.5 Å². The van der Waals surface area contributed by atoms with Crippen molar-refractivity contribution >= 4 is 33.7 Å². The number of aliphatic carboxylic acids is 1. The molecule has 194 valence electrons. The summed E-state index contributed by atoms with van der Waals surface area (Å²) in [6.07, 6.45) is 1.21. The van der Waals surface area contributed by atoms with Crippen molar-refractivity contribution in [3.8, 4) is 0 Å². The van der Waals surface area contributed by atoms with Gasteiger partial charge in [-0.1, -0.05) is 82.7 Å². The first-order valence-electron chi connectivity index (χ1n) is 12.3. The lowest BCUT2D eigenvalue weighted by Crippen LogP contribution is -2.57. The van der Waals surface area contributed by atoms with Gasteiger partial charge < -0.3 is 24.7 Å². The molecule has 0 saturated carbocycles. The van der Waals surface area contributed by atoms with Gasteiger partial charge >= 0.3 is 5.97 Å². The Morgan fingerprint density at radius 3 is 2.43 bits per heavy atom. The third-order valence-corrected chi connectivity index (χ3v) is 8.66. The molecule has 2 aromatic carbocycles. The van der Waals surface area contributed by atoms with Gasteiger partial charge in [-0.25, -0.2) is 0 Å². The molecular weight excluding hydrogens is 540 g/mol. The fraction of sp³-hybridized carbons (Fsp3) is 0.393. The molecule has 0 radical (unpaired) electrons. The van der Waals surface area contributed by atoms with Crippen molar-refractivity contribution in [1.82, 2.24) is 9.80 Å². The molecule has 2 amide bonds. The summed E-state index contributed by atoms with van der Waals surface area (Å²) in [6, 6.07) is 16.5. The van der Waals surface area contributed by atoms with Gasteiger partial charge in [-0.2, -0.15) is 0 Å². The first kappa shape index (κ1) is 25.6. The van der Waals surface area contributed by atoms with Gasteiger partial charge in [0.1, 0.15) is 11.6 Å². The van der Waals surface area contributed by atoms with Crippen molar-refractivity contribution in [2.24, 2.45) is 11.8 Å². The molecule has 1 unspecified atom stereocenters. The SMILES string of the molecule is C=CCN(Cc1ccccc1)C(=O)[C@@H]1N([C@H](CO)c2ccccc2)C(=O)[C@H]2[C@H](C(=O)O)[C@H]3O[C@@]12CC3Br. The van der Waals surface area contributed by atoms with E-state index < -0.39 is 54.1 Å². The third kappa shape index (κ3) is 4.09. The fourth-order valence-corrected chi connectivity index (χ4v) is 7.30. The van der Waals surface area contributed by atoms with Gasteiger partial charge in [0.25, 0.3) is 0 Å². The van der Waals surface area contributed by atoms with Gasteiger partial charge in [0.2, 0.25) is 11.8 Å². The Kier molecular flexibility index (Phi) is 6.95. The highest BCUT2D eigenvalue weighted by Crippen LogP contribution is 2.61. The first-order valence-corrected chi connectivity index (χ1v) is 13.2. The van der Waals surface area contributed by atoms with Crippen molar-refractivity contribution in [3.05, 3.63) is 84.4 Å². The van der Waals surface area contributed by atoms with Gasteiger partial charge in [0, 0.05) is 17.9 Å². The number of rotatable bonds is 9. The molecule has 3 aliphatic rings. The van der Waals surface area contributed by atoms with Crippen LogP contribution in [0.2, 0.25) is 0 Å². The maximum absolute atomic E-state index is 14.4. The molecule has 3 saturated heterocycles. The normalized spacial score (nSPS) is 30.7.